The van der Waals surface area contributed by atoms with Crippen LogP contribution < -0.4 is 0 Å². The van der Waals surface area contributed by atoms with Gasteiger partial charge in [0.1, 0.15) is 0 Å². The van der Waals surface area contributed by atoms with E-state index in [1.54, 1.807) is 0 Å². The van der Waals surface area contributed by atoms with E-state index in [1.807, 2.05) is 6.20 Å². The second-order valence-electron chi connectivity index (χ2n) is 6.98. The SMILES string of the molecule is Cn1c2ccccc2c2ncc3c4ccccc4n(-c4ccccc4)c3c21. The van der Waals surface area contributed by atoms with Crippen LogP contribution in [-0.4, -0.2) is 14.1 Å². The number of benzene rings is 3. The van der Waals surface area contributed by atoms with Crippen LogP contribution in [0.25, 0.3) is 49.4 Å². The summed E-state index contributed by atoms with van der Waals surface area (Å²) >= 11 is 0. The number of aryl methyl sites for hydroxylation is 1. The smallest absolute Gasteiger partial charge is 0.0981 e. The van der Waals surface area contributed by atoms with Gasteiger partial charge in [-0.1, -0.05) is 54.6 Å². The number of fused-ring (bicyclic) bond motifs is 7. The second kappa shape index (κ2) is 5.21. The number of hydrogen-bond acceptors (Lipinski definition) is 1. The first-order valence-electron chi connectivity index (χ1n) is 9.15. The molecule has 0 fully saturated rings. The Morgan fingerprint density at radius 2 is 1.30 bits per heavy atom. The van der Waals surface area contributed by atoms with E-state index in [-0.39, 0.29) is 0 Å². The van der Waals surface area contributed by atoms with Crippen LogP contribution in [0.4, 0.5) is 0 Å². The van der Waals surface area contributed by atoms with E-state index in [9.17, 15) is 0 Å². The molecular formula is C24H17N3. The molecule has 0 aliphatic carbocycles. The van der Waals surface area contributed by atoms with Gasteiger partial charge in [-0.15, -0.1) is 0 Å². The number of pyridine rings is 1. The Morgan fingerprint density at radius 3 is 2.11 bits per heavy atom. The van der Waals surface area contributed by atoms with Crippen LogP contribution in [0.2, 0.25) is 0 Å². The van der Waals surface area contributed by atoms with Crippen molar-refractivity contribution in [3.8, 4) is 5.69 Å². The molecule has 3 aromatic carbocycles. The molecular weight excluding hydrogens is 330 g/mol. The van der Waals surface area contributed by atoms with Crippen LogP contribution in [0.15, 0.2) is 85.1 Å². The lowest BCUT2D eigenvalue weighted by Gasteiger charge is -2.09. The topological polar surface area (TPSA) is 22.8 Å². The Bertz CT molecular complexity index is 1470. The van der Waals surface area contributed by atoms with Gasteiger partial charge in [0.15, 0.2) is 0 Å². The molecule has 27 heavy (non-hydrogen) atoms. The van der Waals surface area contributed by atoms with Gasteiger partial charge in [-0.2, -0.15) is 0 Å². The van der Waals surface area contributed by atoms with Crippen molar-refractivity contribution in [1.82, 2.24) is 14.1 Å². The van der Waals surface area contributed by atoms with Crippen LogP contribution in [-0.2, 0) is 7.05 Å². The summed E-state index contributed by atoms with van der Waals surface area (Å²) in [6, 6.07) is 27.7. The summed E-state index contributed by atoms with van der Waals surface area (Å²) in [7, 11) is 2.14. The third kappa shape index (κ3) is 1.83. The first kappa shape index (κ1) is 14.6. The van der Waals surface area contributed by atoms with Crippen molar-refractivity contribution in [2.45, 2.75) is 0 Å². The molecule has 6 aromatic rings. The minimum atomic E-state index is 1.06. The predicted octanol–water partition coefficient (Wildman–Crippen LogP) is 5.82. The molecule has 0 saturated carbocycles. The maximum Gasteiger partial charge on any atom is 0.0981 e. The van der Waals surface area contributed by atoms with Crippen molar-refractivity contribution < 1.29 is 0 Å². The molecule has 3 nitrogen and oxygen atoms in total. The number of para-hydroxylation sites is 3. The summed E-state index contributed by atoms with van der Waals surface area (Å²) in [5, 5.41) is 3.62. The third-order valence-electron chi connectivity index (χ3n) is 5.56. The van der Waals surface area contributed by atoms with Gasteiger partial charge in [0.25, 0.3) is 0 Å². The average molecular weight is 347 g/mol. The minimum Gasteiger partial charge on any atom is -0.341 e. The third-order valence-corrected chi connectivity index (χ3v) is 5.56. The van der Waals surface area contributed by atoms with Crippen LogP contribution in [0.1, 0.15) is 0 Å². The monoisotopic (exact) mass is 347 g/mol. The van der Waals surface area contributed by atoms with Gasteiger partial charge in [0.05, 0.1) is 27.6 Å². The van der Waals surface area contributed by atoms with Gasteiger partial charge in [0.2, 0.25) is 0 Å². The highest BCUT2D eigenvalue weighted by Gasteiger charge is 2.19. The van der Waals surface area contributed by atoms with Crippen molar-refractivity contribution in [3.05, 3.63) is 85.1 Å². The standard InChI is InChI=1S/C24H17N3/c1-26-20-13-7-6-12-18(20)22-24(26)23-19(15-25-22)17-11-5-8-14-21(17)27(23)16-9-3-2-4-10-16/h2-15H,1H3. The van der Waals surface area contributed by atoms with Crippen LogP contribution in [0.5, 0.6) is 0 Å². The maximum absolute atomic E-state index is 4.88. The molecule has 0 bridgehead atoms. The van der Waals surface area contributed by atoms with Crippen LogP contribution >= 0.6 is 0 Å². The molecule has 0 N–H and O–H groups in total. The maximum atomic E-state index is 4.88. The lowest BCUT2D eigenvalue weighted by atomic mass is 10.2. The van der Waals surface area contributed by atoms with E-state index in [4.69, 9.17) is 4.98 Å². The zero-order chi connectivity index (χ0) is 18.0. The van der Waals surface area contributed by atoms with E-state index in [2.05, 4.69) is 95.0 Å². The zero-order valence-corrected chi connectivity index (χ0v) is 14.9. The highest BCUT2D eigenvalue weighted by atomic mass is 15.0. The molecule has 128 valence electrons. The molecule has 0 saturated heterocycles. The molecule has 3 aromatic heterocycles. The molecule has 0 spiro atoms. The van der Waals surface area contributed by atoms with Crippen molar-refractivity contribution >= 4 is 43.7 Å². The average Bonchev–Trinajstić information content (AvgIpc) is 3.22. The second-order valence-corrected chi connectivity index (χ2v) is 6.98. The van der Waals surface area contributed by atoms with E-state index in [0.717, 1.165) is 5.52 Å². The molecule has 0 amide bonds. The number of rotatable bonds is 1. The van der Waals surface area contributed by atoms with Gasteiger partial charge in [-0.25, -0.2) is 0 Å². The summed E-state index contributed by atoms with van der Waals surface area (Å²) in [4.78, 5) is 4.88. The number of nitrogens with zero attached hydrogens (tertiary/aromatic N) is 3. The predicted molar refractivity (Wildman–Crippen MR) is 113 cm³/mol. The van der Waals surface area contributed by atoms with Gasteiger partial charge < -0.3 is 9.13 Å². The fourth-order valence-electron chi connectivity index (χ4n) is 4.38. The lowest BCUT2D eigenvalue weighted by molar-refractivity contribution is 1.01. The van der Waals surface area contributed by atoms with E-state index in [0.29, 0.717) is 0 Å². The van der Waals surface area contributed by atoms with Gasteiger partial charge >= 0.3 is 0 Å². The van der Waals surface area contributed by atoms with Crippen molar-refractivity contribution in [2.75, 3.05) is 0 Å². The Labute approximate surface area is 156 Å². The largest absolute Gasteiger partial charge is 0.341 e. The first-order valence-corrected chi connectivity index (χ1v) is 9.15. The summed E-state index contributed by atoms with van der Waals surface area (Å²) in [6.07, 6.45) is 2.03. The summed E-state index contributed by atoms with van der Waals surface area (Å²) in [6.45, 7) is 0. The lowest BCUT2D eigenvalue weighted by Crippen LogP contribution is -1.96. The summed E-state index contributed by atoms with van der Waals surface area (Å²) < 4.78 is 4.64. The van der Waals surface area contributed by atoms with Crippen LogP contribution in [0, 0.1) is 0 Å². The molecule has 0 unspecified atom stereocenters. The summed E-state index contributed by atoms with van der Waals surface area (Å²) in [5.74, 6) is 0. The van der Waals surface area contributed by atoms with Gasteiger partial charge in [-0.3, -0.25) is 4.98 Å². The Balaban J connectivity index is 1.96. The zero-order valence-electron chi connectivity index (χ0n) is 14.9. The van der Waals surface area contributed by atoms with Crippen molar-refractivity contribution in [1.29, 1.82) is 0 Å². The fraction of sp³-hybridized carbons (Fsp3) is 0.0417. The van der Waals surface area contributed by atoms with E-state index in [1.165, 1.54) is 43.9 Å². The molecule has 3 heterocycles. The van der Waals surface area contributed by atoms with Gasteiger partial charge in [-0.05, 0) is 24.3 Å². The van der Waals surface area contributed by atoms with E-state index < -0.39 is 0 Å². The quantitative estimate of drug-likeness (QED) is 0.367. The Hall–Kier alpha value is -3.59. The van der Waals surface area contributed by atoms with E-state index >= 15 is 0 Å². The normalized spacial score (nSPS) is 11.9. The highest BCUT2D eigenvalue weighted by molar-refractivity contribution is 6.21. The molecule has 0 radical (unpaired) electrons. The summed E-state index contributed by atoms with van der Waals surface area (Å²) in [5.41, 5.74) is 7.03. The van der Waals surface area contributed by atoms with Crippen molar-refractivity contribution in [2.24, 2.45) is 7.05 Å². The molecule has 0 aliphatic rings. The fourth-order valence-corrected chi connectivity index (χ4v) is 4.38. The van der Waals surface area contributed by atoms with Gasteiger partial charge in [0, 0.05) is 35.1 Å². The van der Waals surface area contributed by atoms with Crippen molar-refractivity contribution in [3.63, 3.8) is 0 Å². The molecule has 0 aliphatic heterocycles. The molecule has 6 rings (SSSR count). The molecule has 0 atom stereocenters. The number of hydrogen-bond donors (Lipinski definition) is 0. The highest BCUT2D eigenvalue weighted by Crippen LogP contribution is 2.38. The minimum absolute atomic E-state index is 1.06. The Morgan fingerprint density at radius 1 is 0.630 bits per heavy atom. The van der Waals surface area contributed by atoms with Crippen LogP contribution in [0.3, 0.4) is 0 Å². The first-order chi connectivity index (χ1) is 13.3. The number of aromatic nitrogens is 3. The molecule has 3 heteroatoms. The Kier molecular flexibility index (Phi) is 2.81.